The van der Waals surface area contributed by atoms with Gasteiger partial charge in [0.15, 0.2) is 0 Å². The Morgan fingerprint density at radius 2 is 1.96 bits per heavy atom. The minimum Gasteiger partial charge on any atom is -0.491 e. The summed E-state index contributed by atoms with van der Waals surface area (Å²) in [6, 6.07) is 12.4. The number of nitrogens with one attached hydrogen (secondary N) is 1. The molecular weight excluding hydrogens is 426 g/mol. The number of methoxy groups -OCH3 is 1. The van der Waals surface area contributed by atoms with E-state index in [0.717, 1.165) is 4.47 Å². The lowest BCUT2D eigenvalue weighted by Gasteiger charge is -2.09. The van der Waals surface area contributed by atoms with Crippen LogP contribution in [0.1, 0.15) is 6.42 Å². The van der Waals surface area contributed by atoms with E-state index in [4.69, 9.17) is 9.47 Å². The Morgan fingerprint density at radius 3 is 2.71 bits per heavy atom. The summed E-state index contributed by atoms with van der Waals surface area (Å²) in [5.41, 5.74) is 1.12. The highest BCUT2D eigenvalue weighted by Gasteiger charge is 2.08. The lowest BCUT2D eigenvalue weighted by Crippen LogP contribution is -2.23. The van der Waals surface area contributed by atoms with E-state index < -0.39 is 0 Å². The van der Waals surface area contributed by atoms with Crippen molar-refractivity contribution >= 4 is 38.4 Å². The summed E-state index contributed by atoms with van der Waals surface area (Å²) < 4.78 is 12.7. The van der Waals surface area contributed by atoms with E-state index in [1.807, 2.05) is 6.07 Å². The first-order valence-electron chi connectivity index (χ1n) is 8.73. The van der Waals surface area contributed by atoms with Crippen LogP contribution in [0.15, 0.2) is 58.1 Å². The van der Waals surface area contributed by atoms with E-state index in [1.54, 1.807) is 43.5 Å². The van der Waals surface area contributed by atoms with Crippen LogP contribution in [0.2, 0.25) is 0 Å². The molecule has 0 spiro atoms. The van der Waals surface area contributed by atoms with Gasteiger partial charge in [-0.3, -0.25) is 14.2 Å². The van der Waals surface area contributed by atoms with Crippen molar-refractivity contribution in [2.24, 2.45) is 0 Å². The molecule has 0 unspecified atom stereocenters. The fourth-order valence-corrected chi connectivity index (χ4v) is 2.97. The summed E-state index contributed by atoms with van der Waals surface area (Å²) in [5, 5.41) is 3.33. The highest BCUT2D eigenvalue weighted by molar-refractivity contribution is 9.10. The van der Waals surface area contributed by atoms with Gasteiger partial charge in [0.1, 0.15) is 12.4 Å². The number of carbonyl (C=O) groups is 1. The van der Waals surface area contributed by atoms with E-state index in [0.29, 0.717) is 35.6 Å². The van der Waals surface area contributed by atoms with Crippen LogP contribution in [0.4, 0.5) is 5.69 Å². The SMILES string of the molecule is COCCOc1ccc(NC(=O)CCn2cnc3ccc(Br)cc3c2=O)cc1. The maximum Gasteiger partial charge on any atom is 0.261 e. The first-order valence-corrected chi connectivity index (χ1v) is 9.52. The minimum absolute atomic E-state index is 0.160. The van der Waals surface area contributed by atoms with Gasteiger partial charge in [-0.25, -0.2) is 4.98 Å². The summed E-state index contributed by atoms with van der Waals surface area (Å²) in [5.74, 6) is 0.518. The number of ether oxygens (including phenoxy) is 2. The van der Waals surface area contributed by atoms with Crippen LogP contribution < -0.4 is 15.6 Å². The summed E-state index contributed by atoms with van der Waals surface area (Å²) >= 11 is 3.36. The Labute approximate surface area is 170 Å². The fraction of sp³-hybridized carbons (Fsp3) is 0.250. The van der Waals surface area contributed by atoms with E-state index in [2.05, 4.69) is 26.2 Å². The Bertz CT molecular complexity index is 1020. The average molecular weight is 446 g/mol. The largest absolute Gasteiger partial charge is 0.491 e. The number of amides is 1. The number of hydrogen-bond donors (Lipinski definition) is 1. The zero-order valence-electron chi connectivity index (χ0n) is 15.4. The molecule has 3 rings (SSSR count). The predicted molar refractivity (Wildman–Crippen MR) is 111 cm³/mol. The van der Waals surface area contributed by atoms with Crippen molar-refractivity contribution in [2.75, 3.05) is 25.6 Å². The average Bonchev–Trinajstić information content (AvgIpc) is 2.69. The third-order valence-corrected chi connectivity index (χ3v) is 4.55. The molecule has 8 heteroatoms. The van der Waals surface area contributed by atoms with Crippen LogP contribution >= 0.6 is 15.9 Å². The number of anilines is 1. The number of fused-ring (bicyclic) bond motifs is 1. The second-order valence-corrected chi connectivity index (χ2v) is 6.98. The van der Waals surface area contributed by atoms with Crippen molar-refractivity contribution in [2.45, 2.75) is 13.0 Å². The van der Waals surface area contributed by atoms with Crippen LogP contribution in [0.3, 0.4) is 0 Å². The van der Waals surface area contributed by atoms with E-state index in [9.17, 15) is 9.59 Å². The number of carbonyl (C=O) groups excluding carboxylic acids is 1. The van der Waals surface area contributed by atoms with Crippen molar-refractivity contribution in [3.63, 3.8) is 0 Å². The van der Waals surface area contributed by atoms with Gasteiger partial charge in [0.2, 0.25) is 5.91 Å². The number of aromatic nitrogens is 2. The molecule has 28 heavy (non-hydrogen) atoms. The van der Waals surface area contributed by atoms with Crippen LogP contribution in [-0.4, -0.2) is 35.8 Å². The van der Waals surface area contributed by atoms with Gasteiger partial charge in [-0.1, -0.05) is 15.9 Å². The molecule has 0 saturated heterocycles. The lowest BCUT2D eigenvalue weighted by atomic mass is 10.2. The number of rotatable bonds is 8. The quantitative estimate of drug-likeness (QED) is 0.538. The maximum absolute atomic E-state index is 12.5. The molecule has 7 nitrogen and oxygen atoms in total. The predicted octanol–water partition coefficient (Wildman–Crippen LogP) is 3.21. The second kappa shape index (κ2) is 9.48. The third kappa shape index (κ3) is 5.17. The highest BCUT2D eigenvalue weighted by Crippen LogP contribution is 2.16. The van der Waals surface area contributed by atoms with Gasteiger partial charge in [0, 0.05) is 30.2 Å². The molecule has 0 aliphatic heterocycles. The topological polar surface area (TPSA) is 82.4 Å². The molecule has 1 amide bonds. The van der Waals surface area contributed by atoms with Crippen LogP contribution in [0, 0.1) is 0 Å². The molecule has 0 fully saturated rings. The molecule has 0 bridgehead atoms. The summed E-state index contributed by atoms with van der Waals surface area (Å²) in [6.07, 6.45) is 1.63. The van der Waals surface area contributed by atoms with Gasteiger partial charge in [0.05, 0.1) is 23.8 Å². The Hall–Kier alpha value is -2.71. The van der Waals surface area contributed by atoms with Gasteiger partial charge in [-0.05, 0) is 42.5 Å². The third-order valence-electron chi connectivity index (χ3n) is 4.06. The molecule has 2 aromatic carbocycles. The van der Waals surface area contributed by atoms with Gasteiger partial charge in [-0.15, -0.1) is 0 Å². The number of aryl methyl sites for hydroxylation is 1. The zero-order valence-corrected chi connectivity index (χ0v) is 16.9. The van der Waals surface area contributed by atoms with E-state index in [1.165, 1.54) is 10.9 Å². The Kier molecular flexibility index (Phi) is 6.78. The summed E-state index contributed by atoms with van der Waals surface area (Å²) in [4.78, 5) is 29.0. The number of benzene rings is 2. The first-order chi connectivity index (χ1) is 13.6. The van der Waals surface area contributed by atoms with Gasteiger partial charge < -0.3 is 14.8 Å². The van der Waals surface area contributed by atoms with Crippen LogP contribution in [0.25, 0.3) is 10.9 Å². The van der Waals surface area contributed by atoms with Crippen LogP contribution in [0.5, 0.6) is 5.75 Å². The first kappa shape index (κ1) is 20.0. The molecule has 1 aromatic heterocycles. The second-order valence-electron chi connectivity index (χ2n) is 6.07. The monoisotopic (exact) mass is 445 g/mol. The number of halogens is 1. The van der Waals surface area contributed by atoms with Gasteiger partial charge in [-0.2, -0.15) is 0 Å². The maximum atomic E-state index is 12.5. The number of hydrogen-bond acceptors (Lipinski definition) is 5. The highest BCUT2D eigenvalue weighted by atomic mass is 79.9. The van der Waals surface area contributed by atoms with Crippen LogP contribution in [-0.2, 0) is 16.1 Å². The van der Waals surface area contributed by atoms with Crippen molar-refractivity contribution in [1.82, 2.24) is 9.55 Å². The molecular formula is C20H20BrN3O4. The molecule has 0 radical (unpaired) electrons. The normalized spacial score (nSPS) is 10.8. The van der Waals surface area contributed by atoms with E-state index in [-0.39, 0.29) is 24.4 Å². The van der Waals surface area contributed by atoms with Crippen molar-refractivity contribution < 1.29 is 14.3 Å². The molecule has 1 N–H and O–H groups in total. The molecule has 0 saturated carbocycles. The molecule has 0 aliphatic carbocycles. The van der Waals surface area contributed by atoms with Crippen molar-refractivity contribution in [1.29, 1.82) is 0 Å². The summed E-state index contributed by atoms with van der Waals surface area (Å²) in [6.45, 7) is 1.23. The molecule has 1 heterocycles. The molecule has 0 aliphatic rings. The molecule has 146 valence electrons. The molecule has 0 atom stereocenters. The van der Waals surface area contributed by atoms with Crippen molar-refractivity contribution in [3.05, 3.63) is 63.6 Å². The molecule has 3 aromatic rings. The van der Waals surface area contributed by atoms with Gasteiger partial charge in [0.25, 0.3) is 5.56 Å². The van der Waals surface area contributed by atoms with Gasteiger partial charge >= 0.3 is 0 Å². The fourth-order valence-electron chi connectivity index (χ4n) is 2.61. The standard InChI is InChI=1S/C20H20BrN3O4/c1-27-10-11-28-16-5-3-15(4-6-16)23-19(25)8-9-24-13-22-18-7-2-14(21)12-17(18)20(24)26/h2-7,12-13H,8-11H2,1H3,(H,23,25). The summed E-state index contributed by atoms with van der Waals surface area (Å²) in [7, 11) is 1.61. The van der Waals surface area contributed by atoms with Crippen molar-refractivity contribution in [3.8, 4) is 5.75 Å². The minimum atomic E-state index is -0.186. The van der Waals surface area contributed by atoms with E-state index >= 15 is 0 Å². The zero-order chi connectivity index (χ0) is 19.9. The Morgan fingerprint density at radius 1 is 1.18 bits per heavy atom. The lowest BCUT2D eigenvalue weighted by molar-refractivity contribution is -0.116. The Balaban J connectivity index is 1.58. The smallest absolute Gasteiger partial charge is 0.261 e. The number of nitrogens with zero attached hydrogens (tertiary/aromatic N) is 2.